The van der Waals surface area contributed by atoms with Crippen molar-refractivity contribution in [1.82, 2.24) is 0 Å². The van der Waals surface area contributed by atoms with Crippen LogP contribution in [0.15, 0.2) is 59.7 Å². The third kappa shape index (κ3) is 3.30. The van der Waals surface area contributed by atoms with E-state index in [1.54, 1.807) is 56.5 Å². The van der Waals surface area contributed by atoms with Gasteiger partial charge in [-0.25, -0.2) is 4.79 Å². The number of ketones is 1. The fourth-order valence-electron chi connectivity index (χ4n) is 2.87. The van der Waals surface area contributed by atoms with Crippen molar-refractivity contribution in [3.63, 3.8) is 0 Å². The van der Waals surface area contributed by atoms with E-state index in [9.17, 15) is 9.59 Å². The molecule has 0 spiro atoms. The lowest BCUT2D eigenvalue weighted by molar-refractivity contribution is 0.0733. The number of thiophene rings is 1. The number of rotatable bonds is 4. The first-order chi connectivity index (χ1) is 13.6. The van der Waals surface area contributed by atoms with E-state index in [-0.39, 0.29) is 11.5 Å². The van der Waals surface area contributed by atoms with Crippen molar-refractivity contribution in [1.29, 1.82) is 0 Å². The minimum Gasteiger partial charge on any atom is -0.497 e. The van der Waals surface area contributed by atoms with Crippen LogP contribution in [-0.4, -0.2) is 18.9 Å². The second kappa shape index (κ2) is 7.32. The van der Waals surface area contributed by atoms with Crippen molar-refractivity contribution < 1.29 is 23.8 Å². The maximum atomic E-state index is 12.6. The molecule has 5 nitrogen and oxygen atoms in total. The first-order valence-corrected chi connectivity index (χ1v) is 9.42. The molecule has 4 rings (SSSR count). The Hall–Kier alpha value is -3.38. The molecule has 0 radical (unpaired) electrons. The molecule has 0 N–H and O–H groups in total. The van der Waals surface area contributed by atoms with Gasteiger partial charge in [0.05, 0.1) is 18.2 Å². The van der Waals surface area contributed by atoms with Crippen molar-refractivity contribution in [2.45, 2.75) is 6.92 Å². The lowest BCUT2D eigenvalue weighted by Crippen LogP contribution is -2.09. The lowest BCUT2D eigenvalue weighted by Gasteiger charge is -2.10. The summed E-state index contributed by atoms with van der Waals surface area (Å²) in [6.07, 6.45) is 1.72. The molecular weight excluding hydrogens is 376 g/mol. The van der Waals surface area contributed by atoms with Gasteiger partial charge in [-0.1, -0.05) is 6.07 Å². The quantitative estimate of drug-likeness (QED) is 0.359. The van der Waals surface area contributed by atoms with Crippen LogP contribution in [0.25, 0.3) is 6.08 Å². The molecule has 0 saturated heterocycles. The number of Topliss-reactive ketones (excluding diaryl/α,β-unsaturated/α-hetero) is 1. The summed E-state index contributed by atoms with van der Waals surface area (Å²) in [7, 11) is 1.56. The van der Waals surface area contributed by atoms with Gasteiger partial charge < -0.3 is 14.2 Å². The average Bonchev–Trinajstić information content (AvgIpc) is 3.33. The highest BCUT2D eigenvalue weighted by atomic mass is 32.1. The number of hydrogen-bond donors (Lipinski definition) is 0. The zero-order valence-electron chi connectivity index (χ0n) is 15.2. The molecule has 0 bridgehead atoms. The van der Waals surface area contributed by atoms with E-state index in [2.05, 4.69) is 0 Å². The molecule has 2 heterocycles. The summed E-state index contributed by atoms with van der Waals surface area (Å²) in [5, 5.41) is 1.93. The van der Waals surface area contributed by atoms with E-state index in [1.807, 2.05) is 17.5 Å². The Balaban J connectivity index is 1.59. The highest BCUT2D eigenvalue weighted by Gasteiger charge is 2.30. The number of carbonyl (C=O) groups is 2. The van der Waals surface area contributed by atoms with Gasteiger partial charge >= 0.3 is 5.97 Å². The molecule has 0 atom stereocenters. The molecule has 0 amide bonds. The molecule has 0 saturated carbocycles. The van der Waals surface area contributed by atoms with Crippen LogP contribution in [-0.2, 0) is 0 Å². The Morgan fingerprint density at radius 1 is 1.11 bits per heavy atom. The smallest absolute Gasteiger partial charge is 0.343 e. The van der Waals surface area contributed by atoms with Gasteiger partial charge in [-0.3, -0.25) is 4.79 Å². The van der Waals surface area contributed by atoms with Crippen molar-refractivity contribution >= 4 is 29.2 Å². The molecule has 1 aliphatic rings. The topological polar surface area (TPSA) is 61.8 Å². The number of fused-ring (bicyclic) bond motifs is 1. The number of benzene rings is 2. The predicted octanol–water partition coefficient (Wildman–Crippen LogP) is 4.90. The Bertz CT molecular complexity index is 1080. The molecule has 1 aromatic heterocycles. The third-order valence-corrected chi connectivity index (χ3v) is 5.20. The Kier molecular flexibility index (Phi) is 4.71. The monoisotopic (exact) mass is 392 g/mol. The SMILES string of the molecule is COc1ccc(C(=O)Oc2ccc3c(c2C)O/C(=C\c2cccs2)C3=O)cc1. The lowest BCUT2D eigenvalue weighted by atomic mass is 10.1. The summed E-state index contributed by atoms with van der Waals surface area (Å²) < 4.78 is 16.4. The van der Waals surface area contributed by atoms with Crippen LogP contribution in [0.3, 0.4) is 0 Å². The van der Waals surface area contributed by atoms with Crippen LogP contribution >= 0.6 is 11.3 Å². The summed E-state index contributed by atoms with van der Waals surface area (Å²) >= 11 is 1.52. The van der Waals surface area contributed by atoms with E-state index in [4.69, 9.17) is 14.2 Å². The van der Waals surface area contributed by atoms with Gasteiger partial charge in [-0.15, -0.1) is 11.3 Å². The maximum absolute atomic E-state index is 12.6. The van der Waals surface area contributed by atoms with E-state index < -0.39 is 5.97 Å². The molecule has 3 aromatic rings. The second-order valence-electron chi connectivity index (χ2n) is 6.14. The summed E-state index contributed by atoms with van der Waals surface area (Å²) in [4.78, 5) is 25.9. The Morgan fingerprint density at radius 2 is 1.89 bits per heavy atom. The molecule has 28 heavy (non-hydrogen) atoms. The summed E-state index contributed by atoms with van der Waals surface area (Å²) in [6, 6.07) is 13.7. The van der Waals surface area contributed by atoms with Gasteiger partial charge in [0.15, 0.2) is 5.76 Å². The largest absolute Gasteiger partial charge is 0.497 e. The molecule has 2 aromatic carbocycles. The van der Waals surface area contributed by atoms with E-state index in [0.717, 1.165) is 4.88 Å². The molecular formula is C22H16O5S. The number of hydrogen-bond acceptors (Lipinski definition) is 6. The summed E-state index contributed by atoms with van der Waals surface area (Å²) in [6.45, 7) is 1.76. The normalized spacial score (nSPS) is 13.9. The molecule has 0 fully saturated rings. The molecule has 0 unspecified atom stereocenters. The molecule has 0 aliphatic carbocycles. The standard InChI is InChI=1S/C22H16O5S/c1-13-18(27-22(24)14-5-7-15(25-2)8-6-14)10-9-17-20(23)19(26-21(13)17)12-16-4-3-11-28-16/h3-12H,1-2H3/b19-12-. The fraction of sp³-hybridized carbons (Fsp3) is 0.0909. The number of allylic oxidation sites excluding steroid dienone is 1. The van der Waals surface area contributed by atoms with Gasteiger partial charge in [0.25, 0.3) is 0 Å². The van der Waals surface area contributed by atoms with Gasteiger partial charge in [0, 0.05) is 16.5 Å². The Labute approximate surface area is 165 Å². The van der Waals surface area contributed by atoms with E-state index in [0.29, 0.717) is 33.9 Å². The van der Waals surface area contributed by atoms with Gasteiger partial charge in [0.1, 0.15) is 17.2 Å². The number of methoxy groups -OCH3 is 1. The highest BCUT2D eigenvalue weighted by Crippen LogP contribution is 2.39. The van der Waals surface area contributed by atoms with Crippen LogP contribution in [0.4, 0.5) is 0 Å². The molecule has 1 aliphatic heterocycles. The highest BCUT2D eigenvalue weighted by molar-refractivity contribution is 7.10. The molecule has 6 heteroatoms. The van der Waals surface area contributed by atoms with Crippen LogP contribution in [0.5, 0.6) is 17.2 Å². The van der Waals surface area contributed by atoms with E-state index >= 15 is 0 Å². The van der Waals surface area contributed by atoms with Gasteiger partial charge in [-0.05, 0) is 54.8 Å². The van der Waals surface area contributed by atoms with Gasteiger partial charge in [0.2, 0.25) is 5.78 Å². The average molecular weight is 392 g/mol. The first-order valence-electron chi connectivity index (χ1n) is 8.54. The minimum atomic E-state index is -0.496. The zero-order chi connectivity index (χ0) is 19.7. The zero-order valence-corrected chi connectivity index (χ0v) is 16.0. The number of esters is 1. The Morgan fingerprint density at radius 3 is 2.57 bits per heavy atom. The number of carbonyl (C=O) groups excluding carboxylic acids is 2. The third-order valence-electron chi connectivity index (χ3n) is 4.38. The van der Waals surface area contributed by atoms with Crippen LogP contribution in [0, 0.1) is 6.92 Å². The molecule has 140 valence electrons. The van der Waals surface area contributed by atoms with Gasteiger partial charge in [-0.2, -0.15) is 0 Å². The second-order valence-corrected chi connectivity index (χ2v) is 7.12. The minimum absolute atomic E-state index is 0.181. The van der Waals surface area contributed by atoms with Crippen molar-refractivity contribution in [2.75, 3.05) is 7.11 Å². The van der Waals surface area contributed by atoms with Crippen LogP contribution < -0.4 is 14.2 Å². The first kappa shape index (κ1) is 18.0. The maximum Gasteiger partial charge on any atom is 0.343 e. The fourth-order valence-corrected chi connectivity index (χ4v) is 3.51. The van der Waals surface area contributed by atoms with Crippen molar-refractivity contribution in [3.8, 4) is 17.2 Å². The van der Waals surface area contributed by atoms with Crippen LogP contribution in [0.1, 0.15) is 31.2 Å². The summed E-state index contributed by atoms with van der Waals surface area (Å²) in [5.41, 5.74) is 1.46. The van der Waals surface area contributed by atoms with Crippen molar-refractivity contribution in [3.05, 3.63) is 81.2 Å². The number of ether oxygens (including phenoxy) is 3. The predicted molar refractivity (Wildman–Crippen MR) is 106 cm³/mol. The van der Waals surface area contributed by atoms with E-state index in [1.165, 1.54) is 11.3 Å². The summed E-state index contributed by atoms with van der Waals surface area (Å²) in [5.74, 6) is 1.02. The van der Waals surface area contributed by atoms with Crippen LogP contribution in [0.2, 0.25) is 0 Å². The van der Waals surface area contributed by atoms with Crippen molar-refractivity contribution in [2.24, 2.45) is 0 Å².